The monoisotopic (exact) mass is 852 g/mol. The number of aliphatic hydroxyl groups is 3. The summed E-state index contributed by atoms with van der Waals surface area (Å²) < 4.78 is 83.6. The van der Waals surface area contributed by atoms with Gasteiger partial charge in [-0.3, -0.25) is 32.5 Å². The number of aromatic nitrogens is 8. The largest absolute Gasteiger partial charge is 0.490 e. The van der Waals surface area contributed by atoms with Gasteiger partial charge in [0.2, 0.25) is 5.95 Å². The molecule has 2 aliphatic rings. The van der Waals surface area contributed by atoms with Crippen molar-refractivity contribution in [3.63, 3.8) is 0 Å². The predicted octanol–water partition coefficient (Wildman–Crippen LogP) is -3.15. The van der Waals surface area contributed by atoms with Gasteiger partial charge >= 0.3 is 31.3 Å². The Bertz CT molecular complexity index is 2300. The van der Waals surface area contributed by atoms with E-state index in [2.05, 4.69) is 43.0 Å². The van der Waals surface area contributed by atoms with E-state index < -0.39 is 105 Å². The van der Waals surface area contributed by atoms with E-state index in [9.17, 15) is 53.1 Å². The number of aliphatic hydroxyl groups excluding tert-OH is 3. The number of anilines is 2. The number of phosphoric acid groups is 4. The maximum Gasteiger partial charge on any atom is 0.490 e. The van der Waals surface area contributed by atoms with Crippen LogP contribution in [-0.2, 0) is 49.9 Å². The Balaban J connectivity index is 1.20. The van der Waals surface area contributed by atoms with E-state index >= 15 is 0 Å². The number of ether oxygens (including phenoxy) is 2. The Morgan fingerprint density at radius 1 is 0.741 bits per heavy atom. The first-order chi connectivity index (χ1) is 25.0. The fourth-order valence-electron chi connectivity index (χ4n) is 5.30. The van der Waals surface area contributed by atoms with Gasteiger partial charge in [0.1, 0.15) is 48.5 Å². The second-order valence-electron chi connectivity index (χ2n) is 11.2. The molecule has 2 saturated heterocycles. The summed E-state index contributed by atoms with van der Waals surface area (Å²) in [5.74, 6) is -0.423. The molecule has 0 saturated carbocycles. The molecular weight excluding hydrogens is 824 g/mol. The van der Waals surface area contributed by atoms with Gasteiger partial charge in [-0.2, -0.15) is 13.6 Å². The molecule has 3 unspecified atom stereocenters. The minimum absolute atomic E-state index is 0.00688. The zero-order valence-electron chi connectivity index (χ0n) is 26.3. The van der Waals surface area contributed by atoms with Crippen molar-refractivity contribution in [2.24, 2.45) is 0 Å². The number of nitrogens with one attached hydrogen (secondary N) is 1. The molecule has 0 aromatic carbocycles. The Morgan fingerprint density at radius 2 is 1.33 bits per heavy atom. The van der Waals surface area contributed by atoms with E-state index in [1.54, 1.807) is 0 Å². The maximum atomic E-state index is 13.3. The zero-order chi connectivity index (χ0) is 39.5. The van der Waals surface area contributed by atoms with Crippen LogP contribution in [0.4, 0.5) is 11.8 Å². The summed E-state index contributed by atoms with van der Waals surface area (Å²) in [6.45, 7) is -2.20. The Labute approximate surface area is 297 Å². The highest BCUT2D eigenvalue weighted by molar-refractivity contribution is 7.66. The average Bonchev–Trinajstić information content (AvgIpc) is 3.79. The zero-order valence-corrected chi connectivity index (χ0v) is 29.9. The van der Waals surface area contributed by atoms with Crippen molar-refractivity contribution in [1.29, 1.82) is 0 Å². The maximum absolute atomic E-state index is 13.3. The van der Waals surface area contributed by atoms with Crippen LogP contribution in [0.2, 0.25) is 0 Å². The molecule has 0 aliphatic carbocycles. The van der Waals surface area contributed by atoms with Gasteiger partial charge < -0.3 is 60.7 Å². The first-order valence-corrected chi connectivity index (χ1v) is 20.5. The van der Waals surface area contributed by atoms with Gasteiger partial charge in [0.25, 0.3) is 5.56 Å². The Morgan fingerprint density at radius 3 is 2.00 bits per heavy atom. The third-order valence-electron chi connectivity index (χ3n) is 7.51. The number of hydrogen-bond acceptors (Lipinski definition) is 22. The van der Waals surface area contributed by atoms with Crippen molar-refractivity contribution >= 4 is 65.4 Å². The van der Waals surface area contributed by atoms with Crippen LogP contribution in [0.1, 0.15) is 12.5 Å². The smallest absolute Gasteiger partial charge is 0.387 e. The molecule has 4 aromatic rings. The number of H-pyrrole nitrogens is 1. The van der Waals surface area contributed by atoms with Crippen LogP contribution in [0.5, 0.6) is 0 Å². The summed E-state index contributed by atoms with van der Waals surface area (Å²) in [7, 11) is -22.8. The number of nitrogens with two attached hydrogens (primary N) is 2. The molecular formula is C20H28N10O20P4. The third kappa shape index (κ3) is 8.62. The molecule has 54 heavy (non-hydrogen) atoms. The molecule has 6 rings (SSSR count). The normalized spacial score (nSPS) is 29.7. The molecule has 34 heteroatoms. The van der Waals surface area contributed by atoms with Crippen LogP contribution in [0.15, 0.2) is 23.8 Å². The van der Waals surface area contributed by atoms with E-state index in [1.807, 2.05) is 0 Å². The van der Waals surface area contributed by atoms with Gasteiger partial charge in [0.05, 0.1) is 25.9 Å². The van der Waals surface area contributed by atoms with Gasteiger partial charge in [0.15, 0.2) is 35.1 Å². The summed E-state index contributed by atoms with van der Waals surface area (Å²) in [6.07, 6.45) is -10.9. The second kappa shape index (κ2) is 14.7. The van der Waals surface area contributed by atoms with E-state index in [0.29, 0.717) is 0 Å². The van der Waals surface area contributed by atoms with E-state index in [0.717, 1.165) is 17.2 Å². The predicted molar refractivity (Wildman–Crippen MR) is 169 cm³/mol. The van der Waals surface area contributed by atoms with Gasteiger partial charge in [0, 0.05) is 0 Å². The number of imidazole rings is 2. The molecule has 13 N–H and O–H groups in total. The highest BCUT2D eigenvalue weighted by Gasteiger charge is 2.52. The molecule has 4 aromatic heterocycles. The fourth-order valence-corrected chi connectivity index (χ4v) is 9.26. The van der Waals surface area contributed by atoms with Crippen LogP contribution >= 0.6 is 31.3 Å². The summed E-state index contributed by atoms with van der Waals surface area (Å²) in [5, 5.41) is 32.5. The number of phosphoric ester groups is 2. The molecule has 0 amide bonds. The molecule has 30 nitrogen and oxygen atoms in total. The average molecular weight is 852 g/mol. The molecule has 0 bridgehead atoms. The summed E-state index contributed by atoms with van der Waals surface area (Å²) in [6, 6.07) is 0. The molecule has 0 radical (unpaired) electrons. The number of hydrogen-bond donors (Lipinski definition) is 11. The Hall–Kier alpha value is -3.18. The highest BCUT2D eigenvalue weighted by Crippen LogP contribution is 2.66. The SMILES string of the molecule is Nc1nc2c(ncn2[C@@H]2O[C@H](COP(=O)(O)OP(=O)(O)OP(=O)(O)O)[C@@H](O)[C@H]2OP(=O)(O)OC[C@H]2O[C@@H](n3cnc4c(N)ncnc43)[C@H](O)[C@@H]2O)c(=O)[nH]1. The number of aromatic amines is 1. The molecule has 2 aliphatic heterocycles. The lowest BCUT2D eigenvalue weighted by molar-refractivity contribution is -0.0613. The van der Waals surface area contributed by atoms with Gasteiger partial charge in [-0.1, -0.05) is 0 Å². The first-order valence-electron chi connectivity index (χ1n) is 14.5. The van der Waals surface area contributed by atoms with Crippen molar-refractivity contribution in [3.8, 4) is 0 Å². The summed E-state index contributed by atoms with van der Waals surface area (Å²) in [5.41, 5.74) is 10.2. The number of rotatable bonds is 14. The van der Waals surface area contributed by atoms with Crippen molar-refractivity contribution in [3.05, 3.63) is 29.3 Å². The minimum Gasteiger partial charge on any atom is -0.387 e. The topological polar surface area (TPSA) is 454 Å². The van der Waals surface area contributed by atoms with Crippen LogP contribution < -0.4 is 17.0 Å². The van der Waals surface area contributed by atoms with Gasteiger partial charge in [-0.25, -0.2) is 38.2 Å². The highest BCUT2D eigenvalue weighted by atomic mass is 31.3. The molecule has 11 atom stereocenters. The Kier molecular flexibility index (Phi) is 11.0. The molecule has 2 fully saturated rings. The quantitative estimate of drug-likeness (QED) is 0.0558. The number of nitrogens with zero attached hydrogens (tertiary/aromatic N) is 7. The van der Waals surface area contributed by atoms with Crippen LogP contribution in [0.25, 0.3) is 22.3 Å². The fraction of sp³-hybridized carbons (Fsp3) is 0.500. The summed E-state index contributed by atoms with van der Waals surface area (Å²) in [4.78, 5) is 81.6. The van der Waals surface area contributed by atoms with Crippen LogP contribution in [-0.4, -0.2) is 129 Å². The van der Waals surface area contributed by atoms with Crippen LogP contribution in [0, 0.1) is 0 Å². The van der Waals surface area contributed by atoms with Gasteiger partial charge in [-0.05, 0) is 0 Å². The lowest BCUT2D eigenvalue weighted by Gasteiger charge is -2.25. The molecule has 6 heterocycles. The van der Waals surface area contributed by atoms with Crippen LogP contribution in [0.3, 0.4) is 0 Å². The number of nitrogen functional groups attached to an aromatic ring is 2. The first kappa shape index (κ1) is 40.5. The standard InChI is InChI=1S/C20H28N10O20P4/c21-14-8-15(24-3-23-14)29(4-25-8)18-12(33)10(31)6(46-18)1-44-52(38,39)48-13-11(32)7(2-45-53(40,41)50-54(42,43)49-51(35,36)37)47-19(13)30-5-26-9-16(30)27-20(22)28-17(9)34/h3-7,10-13,18-19,31-33H,1-2H2,(H,38,39)(H,40,41)(H,42,43)(H2,21,23,24)(H2,35,36,37)(H3,22,27,28,34)/t6-,7-,10-,11-,12-,13-,18-,19-/m1/s1. The third-order valence-corrected chi connectivity index (χ3v) is 12.3. The lowest BCUT2D eigenvalue weighted by Crippen LogP contribution is -2.36. The number of fused-ring (bicyclic) bond motifs is 2. The van der Waals surface area contributed by atoms with Crippen molar-refractivity contribution < 1.29 is 89.7 Å². The summed E-state index contributed by atoms with van der Waals surface area (Å²) >= 11 is 0. The van der Waals surface area contributed by atoms with Crippen molar-refractivity contribution in [2.75, 3.05) is 24.7 Å². The van der Waals surface area contributed by atoms with Gasteiger partial charge in [-0.15, -0.1) is 0 Å². The van der Waals surface area contributed by atoms with Crippen molar-refractivity contribution in [2.45, 2.75) is 49.1 Å². The van der Waals surface area contributed by atoms with E-state index in [4.69, 9.17) is 39.8 Å². The van der Waals surface area contributed by atoms with E-state index in [-0.39, 0.29) is 28.1 Å². The molecule has 298 valence electrons. The van der Waals surface area contributed by atoms with Crippen molar-refractivity contribution in [1.82, 2.24) is 39.0 Å². The minimum atomic E-state index is -5.94. The van der Waals surface area contributed by atoms with E-state index in [1.165, 1.54) is 10.9 Å². The second-order valence-corrected chi connectivity index (χ2v) is 17.0. The lowest BCUT2D eigenvalue weighted by atomic mass is 10.1. The molecule has 0 spiro atoms.